The monoisotopic (exact) mass is 331 g/mol. The van der Waals surface area contributed by atoms with E-state index in [0.717, 1.165) is 6.07 Å². The average Bonchev–Trinajstić information content (AvgIpc) is 2.34. The highest BCUT2D eigenvalue weighted by molar-refractivity contribution is 6.32. The molecule has 0 aliphatic heterocycles. The number of carbonyl (C=O) groups is 2. The number of carbonyl (C=O) groups excluding carboxylic acids is 1. The molecule has 1 unspecified atom stereocenters. The number of rotatable bonds is 5. The van der Waals surface area contributed by atoms with Crippen molar-refractivity contribution in [3.63, 3.8) is 0 Å². The number of hydrogen-bond acceptors (Lipinski definition) is 6. The summed E-state index contributed by atoms with van der Waals surface area (Å²) in [5, 5.41) is 18.4. The van der Waals surface area contributed by atoms with Gasteiger partial charge in [-0.1, -0.05) is 11.6 Å². The second kappa shape index (κ2) is 7.26. The van der Waals surface area contributed by atoms with Gasteiger partial charge in [-0.3, -0.25) is 0 Å². The van der Waals surface area contributed by atoms with Crippen molar-refractivity contribution in [3.05, 3.63) is 16.8 Å². The van der Waals surface area contributed by atoms with E-state index >= 15 is 0 Å². The molecule has 1 aromatic heterocycles. The van der Waals surface area contributed by atoms with Gasteiger partial charge in [0.05, 0.1) is 6.04 Å². The molecule has 0 saturated carbocycles. The highest BCUT2D eigenvalue weighted by Gasteiger charge is 2.18. The number of ether oxygens (including phenoxy) is 2. The number of hydrogen-bond donors (Lipinski definition) is 2. The van der Waals surface area contributed by atoms with Crippen molar-refractivity contribution in [3.8, 4) is 5.88 Å². The van der Waals surface area contributed by atoms with Gasteiger partial charge in [0.15, 0.2) is 5.15 Å². The number of nitrogens with one attached hydrogen (secondary N) is 1. The van der Waals surface area contributed by atoms with E-state index in [1.54, 1.807) is 27.7 Å². The number of aromatic nitrogens is 2. The number of carboxylic acids is 1. The van der Waals surface area contributed by atoms with Crippen molar-refractivity contribution in [1.82, 2.24) is 15.5 Å². The molecule has 1 amide bonds. The van der Waals surface area contributed by atoms with E-state index in [4.69, 9.17) is 26.2 Å². The molecule has 1 heterocycles. The quantitative estimate of drug-likeness (QED) is 0.850. The van der Waals surface area contributed by atoms with Gasteiger partial charge in [0.2, 0.25) is 5.88 Å². The smallest absolute Gasteiger partial charge is 0.407 e. The molecule has 1 atom stereocenters. The van der Waals surface area contributed by atoms with Crippen LogP contribution < -0.4 is 10.1 Å². The second-order valence-electron chi connectivity index (χ2n) is 5.55. The predicted molar refractivity (Wildman–Crippen MR) is 78.3 cm³/mol. The van der Waals surface area contributed by atoms with Crippen LogP contribution in [0.4, 0.5) is 4.79 Å². The van der Waals surface area contributed by atoms with Gasteiger partial charge in [-0.25, -0.2) is 9.59 Å². The van der Waals surface area contributed by atoms with Gasteiger partial charge in [-0.15, -0.1) is 10.2 Å². The lowest BCUT2D eigenvalue weighted by atomic mass is 10.2. The minimum Gasteiger partial charge on any atom is -0.478 e. The van der Waals surface area contributed by atoms with Gasteiger partial charge in [0.25, 0.3) is 0 Å². The first-order chi connectivity index (χ1) is 10.1. The van der Waals surface area contributed by atoms with Gasteiger partial charge in [-0.05, 0) is 27.7 Å². The van der Waals surface area contributed by atoms with Crippen molar-refractivity contribution in [1.29, 1.82) is 0 Å². The third-order valence-electron chi connectivity index (χ3n) is 2.20. The predicted octanol–water partition coefficient (Wildman–Crippen LogP) is 2.12. The van der Waals surface area contributed by atoms with Crippen LogP contribution in [-0.4, -0.2) is 45.6 Å². The molecule has 0 saturated heterocycles. The van der Waals surface area contributed by atoms with Crippen LogP contribution in [0.15, 0.2) is 6.07 Å². The summed E-state index contributed by atoms with van der Waals surface area (Å²) in [4.78, 5) is 22.5. The van der Waals surface area contributed by atoms with Crippen molar-refractivity contribution in [2.45, 2.75) is 39.3 Å². The maximum Gasteiger partial charge on any atom is 0.407 e. The van der Waals surface area contributed by atoms with E-state index in [2.05, 4.69) is 15.5 Å². The first-order valence-corrected chi connectivity index (χ1v) is 6.85. The SMILES string of the molecule is CC(COc1cc(C(=O)O)c(Cl)nn1)NC(=O)OC(C)(C)C. The van der Waals surface area contributed by atoms with Crippen LogP contribution >= 0.6 is 11.6 Å². The Bertz CT molecular complexity index is 559. The Labute approximate surface area is 132 Å². The van der Waals surface area contributed by atoms with Crippen molar-refractivity contribution >= 4 is 23.7 Å². The summed E-state index contributed by atoms with van der Waals surface area (Å²) in [5.41, 5.74) is -0.803. The lowest BCUT2D eigenvalue weighted by Gasteiger charge is -2.21. The lowest BCUT2D eigenvalue weighted by molar-refractivity contribution is 0.0493. The number of nitrogens with zero attached hydrogens (tertiary/aromatic N) is 2. The number of carboxylic acid groups (broad SMARTS) is 1. The van der Waals surface area contributed by atoms with E-state index in [0.29, 0.717) is 0 Å². The van der Waals surface area contributed by atoms with Gasteiger partial charge in [-0.2, -0.15) is 0 Å². The molecule has 22 heavy (non-hydrogen) atoms. The van der Waals surface area contributed by atoms with E-state index in [1.165, 1.54) is 0 Å². The van der Waals surface area contributed by atoms with E-state index in [-0.39, 0.29) is 29.2 Å². The fourth-order valence-corrected chi connectivity index (χ4v) is 1.51. The molecule has 0 fully saturated rings. The first kappa shape index (κ1) is 18.0. The van der Waals surface area contributed by atoms with Gasteiger partial charge in [0, 0.05) is 6.07 Å². The third-order valence-corrected chi connectivity index (χ3v) is 2.48. The number of aromatic carboxylic acids is 1. The Morgan fingerprint density at radius 3 is 2.59 bits per heavy atom. The number of halogens is 1. The van der Waals surface area contributed by atoms with Crippen LogP contribution in [0.3, 0.4) is 0 Å². The molecule has 0 radical (unpaired) electrons. The van der Waals surface area contributed by atoms with E-state index < -0.39 is 17.7 Å². The van der Waals surface area contributed by atoms with E-state index in [1.807, 2.05) is 0 Å². The molecule has 0 aliphatic rings. The molecule has 122 valence electrons. The molecule has 0 bridgehead atoms. The van der Waals surface area contributed by atoms with Gasteiger partial charge in [0.1, 0.15) is 17.8 Å². The van der Waals surface area contributed by atoms with Crippen LogP contribution in [0.2, 0.25) is 5.15 Å². The summed E-state index contributed by atoms with van der Waals surface area (Å²) >= 11 is 5.60. The Morgan fingerprint density at radius 2 is 2.05 bits per heavy atom. The maximum absolute atomic E-state index is 11.6. The highest BCUT2D eigenvalue weighted by atomic mass is 35.5. The van der Waals surface area contributed by atoms with Crippen molar-refractivity contribution in [2.75, 3.05) is 6.61 Å². The Kier molecular flexibility index (Phi) is 5.92. The minimum atomic E-state index is -1.23. The largest absolute Gasteiger partial charge is 0.478 e. The zero-order chi connectivity index (χ0) is 16.9. The van der Waals surface area contributed by atoms with E-state index in [9.17, 15) is 9.59 Å². The summed E-state index contributed by atoms with van der Waals surface area (Å²) in [6.07, 6.45) is -0.572. The molecule has 2 N–H and O–H groups in total. The van der Waals surface area contributed by atoms with Gasteiger partial charge >= 0.3 is 12.1 Å². The molecule has 1 rings (SSSR count). The van der Waals surface area contributed by atoms with Gasteiger partial charge < -0.3 is 19.9 Å². The van der Waals surface area contributed by atoms with Crippen LogP contribution in [0, 0.1) is 0 Å². The van der Waals surface area contributed by atoms with Crippen molar-refractivity contribution in [2.24, 2.45) is 0 Å². The van der Waals surface area contributed by atoms with Crippen LogP contribution in [-0.2, 0) is 4.74 Å². The molecule has 0 spiro atoms. The average molecular weight is 332 g/mol. The fraction of sp³-hybridized carbons (Fsp3) is 0.538. The highest BCUT2D eigenvalue weighted by Crippen LogP contribution is 2.16. The molecule has 0 aromatic carbocycles. The van der Waals surface area contributed by atoms with Crippen LogP contribution in [0.25, 0.3) is 0 Å². The summed E-state index contributed by atoms with van der Waals surface area (Å²) in [5.74, 6) is -1.23. The second-order valence-corrected chi connectivity index (χ2v) is 5.91. The van der Waals surface area contributed by atoms with Crippen molar-refractivity contribution < 1.29 is 24.2 Å². The summed E-state index contributed by atoms with van der Waals surface area (Å²) in [7, 11) is 0. The standard InChI is InChI=1S/C13H18ClN3O5/c1-7(15-12(20)22-13(2,3)4)6-21-9-5-8(11(18)19)10(14)17-16-9/h5,7H,6H2,1-4H3,(H,15,20)(H,18,19). The molecular weight excluding hydrogens is 314 g/mol. The topological polar surface area (TPSA) is 111 Å². The summed E-state index contributed by atoms with van der Waals surface area (Å²) in [6, 6.07) is 0.790. The molecule has 1 aromatic rings. The van der Waals surface area contributed by atoms with Crippen LogP contribution in [0.5, 0.6) is 5.88 Å². The third kappa shape index (κ3) is 6.13. The number of alkyl carbamates (subject to hydrolysis) is 1. The first-order valence-electron chi connectivity index (χ1n) is 6.47. The lowest BCUT2D eigenvalue weighted by Crippen LogP contribution is -2.40. The summed E-state index contributed by atoms with van der Waals surface area (Å²) in [6.45, 7) is 7.03. The minimum absolute atomic E-state index is 0.000335. The molecule has 0 aliphatic carbocycles. The zero-order valence-corrected chi connectivity index (χ0v) is 13.5. The maximum atomic E-state index is 11.6. The summed E-state index contributed by atoms with van der Waals surface area (Å²) < 4.78 is 10.4. The molecule has 9 heteroatoms. The Balaban J connectivity index is 2.54. The Hall–Kier alpha value is -2.09. The zero-order valence-electron chi connectivity index (χ0n) is 12.7. The molecule has 8 nitrogen and oxygen atoms in total. The molecular formula is C13H18ClN3O5. The Morgan fingerprint density at radius 1 is 1.41 bits per heavy atom. The number of amides is 1. The fourth-order valence-electron chi connectivity index (χ4n) is 1.34. The normalized spacial score (nSPS) is 12.4. The van der Waals surface area contributed by atoms with Crippen LogP contribution in [0.1, 0.15) is 38.1 Å².